The highest BCUT2D eigenvalue weighted by atomic mass is 32.1. The number of nitriles is 1. The molecule has 0 spiro atoms. The van der Waals surface area contributed by atoms with E-state index in [2.05, 4.69) is 26.0 Å². The van der Waals surface area contributed by atoms with Crippen molar-refractivity contribution in [3.8, 4) is 17.4 Å². The number of aliphatic hydroxyl groups is 1. The van der Waals surface area contributed by atoms with Gasteiger partial charge in [0.25, 0.3) is 0 Å². The summed E-state index contributed by atoms with van der Waals surface area (Å²) in [6.07, 6.45) is 2.77. The molecule has 0 fully saturated rings. The molecule has 6 heteroatoms. The highest BCUT2D eigenvalue weighted by molar-refractivity contribution is 7.77. The number of aliphatic hydroxyl groups excluding tert-OH is 1. The molecule has 1 unspecified atom stereocenters. The predicted octanol–water partition coefficient (Wildman–Crippen LogP) is 4.18. The second-order valence-corrected chi connectivity index (χ2v) is 7.03. The molecule has 0 saturated heterocycles. The van der Waals surface area contributed by atoms with Crippen LogP contribution in [0.3, 0.4) is 0 Å². The van der Waals surface area contributed by atoms with Crippen molar-refractivity contribution in [2.24, 2.45) is 0 Å². The minimum atomic E-state index is -0.800. The van der Waals surface area contributed by atoms with Crippen LogP contribution in [0.25, 0.3) is 24.0 Å². The van der Waals surface area contributed by atoms with Crippen LogP contribution in [0.1, 0.15) is 27.2 Å². The Kier molecular flexibility index (Phi) is 10.0. The van der Waals surface area contributed by atoms with Crippen LogP contribution in [0, 0.1) is 17.1 Å². The molecule has 1 heterocycles. The molecule has 1 N–H and O–H groups in total. The summed E-state index contributed by atoms with van der Waals surface area (Å²) >= 11 is 4.42. The Morgan fingerprint density at radius 3 is 2.48 bits per heavy atom. The average Bonchev–Trinajstić information content (AvgIpc) is 3.01. The third-order valence-electron chi connectivity index (χ3n) is 3.74. The van der Waals surface area contributed by atoms with Gasteiger partial charge in [-0.25, -0.2) is 4.39 Å². The summed E-state index contributed by atoms with van der Waals surface area (Å²) in [7, 11) is 0. The summed E-state index contributed by atoms with van der Waals surface area (Å²) in [5, 5.41) is 19.2. The number of halogens is 1. The van der Waals surface area contributed by atoms with E-state index in [9.17, 15) is 9.50 Å². The quantitative estimate of drug-likeness (QED) is 0.550. The minimum absolute atomic E-state index is 0.0309. The number of hydrogen-bond donors (Lipinski definition) is 2. The lowest BCUT2D eigenvalue weighted by molar-refractivity contribution is 0.163. The van der Waals surface area contributed by atoms with Crippen LogP contribution in [-0.2, 0) is 0 Å². The van der Waals surface area contributed by atoms with Gasteiger partial charge in [0.1, 0.15) is 17.0 Å². The Morgan fingerprint density at radius 2 is 1.97 bits per heavy atom. The number of hydrogen-bond acceptors (Lipinski definition) is 5. The number of benzene rings is 1. The van der Waals surface area contributed by atoms with E-state index in [1.165, 1.54) is 12.1 Å². The highest BCUT2D eigenvalue weighted by Gasteiger charge is 2.12. The monoisotopic (exact) mass is 414 g/mol. The molecule has 0 aliphatic carbocycles. The van der Waals surface area contributed by atoms with E-state index in [4.69, 9.17) is 9.68 Å². The van der Waals surface area contributed by atoms with Gasteiger partial charge in [-0.2, -0.15) is 5.26 Å². The van der Waals surface area contributed by atoms with E-state index in [0.29, 0.717) is 16.4 Å². The van der Waals surface area contributed by atoms with E-state index in [1.807, 2.05) is 26.8 Å². The van der Waals surface area contributed by atoms with Gasteiger partial charge in [-0.3, -0.25) is 0 Å². The van der Waals surface area contributed by atoms with Crippen molar-refractivity contribution < 1.29 is 13.9 Å². The molecule has 0 aliphatic rings. The molecule has 0 radical (unpaired) electrons. The second kappa shape index (κ2) is 11.9. The molecule has 1 aromatic carbocycles. The van der Waals surface area contributed by atoms with Gasteiger partial charge in [-0.1, -0.05) is 31.0 Å². The Hall–Kier alpha value is -2.75. The van der Waals surface area contributed by atoms with E-state index >= 15 is 0 Å². The first-order chi connectivity index (χ1) is 13.7. The fraction of sp³-hybridized carbons (Fsp3) is 0.261. The van der Waals surface area contributed by atoms with E-state index in [-0.39, 0.29) is 18.8 Å². The smallest absolute Gasteiger partial charge is 0.136 e. The molecule has 0 saturated carbocycles. The zero-order valence-corrected chi connectivity index (χ0v) is 17.9. The van der Waals surface area contributed by atoms with Gasteiger partial charge in [0.05, 0.1) is 25.1 Å². The third kappa shape index (κ3) is 7.65. The first kappa shape index (κ1) is 24.3. The molecular formula is C23H27FN2O2S. The van der Waals surface area contributed by atoms with Gasteiger partial charge in [-0.05, 0) is 51.1 Å². The van der Waals surface area contributed by atoms with Gasteiger partial charge in [0.15, 0.2) is 0 Å². The minimum Gasteiger partial charge on any atom is -0.456 e. The zero-order chi connectivity index (χ0) is 22.0. The number of rotatable bonds is 6. The molecule has 2 rings (SSSR count). The fourth-order valence-electron chi connectivity index (χ4n) is 2.39. The van der Waals surface area contributed by atoms with Gasteiger partial charge >= 0.3 is 0 Å². The van der Waals surface area contributed by atoms with Gasteiger partial charge in [-0.15, -0.1) is 6.58 Å². The summed E-state index contributed by atoms with van der Waals surface area (Å²) in [5.74, 6) is 0.278. The number of furan rings is 1. The van der Waals surface area contributed by atoms with Crippen LogP contribution in [0.4, 0.5) is 4.39 Å². The van der Waals surface area contributed by atoms with Crippen LogP contribution >= 0.6 is 12.8 Å². The molecule has 0 aliphatic heterocycles. The van der Waals surface area contributed by atoms with E-state index in [1.54, 1.807) is 34.7 Å². The number of nitrogens with zero attached hydrogens (tertiary/aromatic N) is 2. The molecule has 2 aromatic rings. The lowest BCUT2D eigenvalue weighted by atomic mass is 10.2. The summed E-state index contributed by atoms with van der Waals surface area (Å²) < 4.78 is 20.5. The third-order valence-corrected chi connectivity index (χ3v) is 4.12. The molecule has 0 amide bonds. The normalized spacial score (nSPS) is 11.7. The molecular weight excluding hydrogens is 387 g/mol. The first-order valence-corrected chi connectivity index (χ1v) is 9.45. The maximum Gasteiger partial charge on any atom is 0.136 e. The summed E-state index contributed by atoms with van der Waals surface area (Å²) in [5.41, 5.74) is 3.01. The Balaban J connectivity index is 0.00000132. The van der Waals surface area contributed by atoms with Crippen LogP contribution in [0.5, 0.6) is 0 Å². The molecule has 4 nitrogen and oxygen atoms in total. The van der Waals surface area contributed by atoms with Gasteiger partial charge < -0.3 is 13.8 Å². The molecule has 1 atom stereocenters. The first-order valence-electron chi connectivity index (χ1n) is 9.05. The molecule has 29 heavy (non-hydrogen) atoms. The van der Waals surface area contributed by atoms with Crippen molar-refractivity contribution in [3.05, 3.63) is 70.7 Å². The number of thiol groups is 1. The van der Waals surface area contributed by atoms with Crippen molar-refractivity contribution in [2.75, 3.05) is 6.54 Å². The van der Waals surface area contributed by atoms with Crippen molar-refractivity contribution in [1.82, 2.24) is 4.31 Å². The fourth-order valence-corrected chi connectivity index (χ4v) is 2.84. The van der Waals surface area contributed by atoms with Crippen molar-refractivity contribution in [1.29, 1.82) is 5.26 Å². The lowest BCUT2D eigenvalue weighted by Crippen LogP contribution is -2.26. The highest BCUT2D eigenvalue weighted by Crippen LogP contribution is 2.18. The largest absolute Gasteiger partial charge is 0.456 e. The van der Waals surface area contributed by atoms with Gasteiger partial charge in [0, 0.05) is 22.6 Å². The lowest BCUT2D eigenvalue weighted by Gasteiger charge is -2.22. The average molecular weight is 415 g/mol. The van der Waals surface area contributed by atoms with Gasteiger partial charge in [0.2, 0.25) is 0 Å². The van der Waals surface area contributed by atoms with E-state index < -0.39 is 6.10 Å². The standard InChI is InChI=1S/C20H21FN2O2S.C3H6/c1-13(2)18(23(26)12-17(24)8-9-22)11-19-14(3)10-20(25-19)15-4-6-16(21)7-5-15;1-3-2/h4-7,10-11,17,24,26H,3,8,12H2,1-2H3;3H,1H2,2H3/b19-11+;. The topological polar surface area (TPSA) is 60.4 Å². The van der Waals surface area contributed by atoms with Crippen LogP contribution < -0.4 is 10.6 Å². The van der Waals surface area contributed by atoms with Crippen LogP contribution in [-0.4, -0.2) is 22.1 Å². The molecule has 154 valence electrons. The maximum absolute atomic E-state index is 13.1. The Morgan fingerprint density at radius 1 is 1.38 bits per heavy atom. The second-order valence-electron chi connectivity index (χ2n) is 6.54. The van der Waals surface area contributed by atoms with Crippen molar-refractivity contribution >= 4 is 25.5 Å². The summed E-state index contributed by atoms with van der Waals surface area (Å²) in [6.45, 7) is 13.3. The Labute approximate surface area is 177 Å². The zero-order valence-electron chi connectivity index (χ0n) is 17.0. The van der Waals surface area contributed by atoms with Crippen molar-refractivity contribution in [3.63, 3.8) is 0 Å². The Bertz CT molecular complexity index is 983. The molecule has 0 bridgehead atoms. The van der Waals surface area contributed by atoms with E-state index in [0.717, 1.165) is 16.8 Å². The van der Waals surface area contributed by atoms with Crippen LogP contribution in [0.15, 0.2) is 58.7 Å². The molecule has 1 aromatic heterocycles. The summed E-state index contributed by atoms with van der Waals surface area (Å²) in [4.78, 5) is 0. The van der Waals surface area contributed by atoms with Crippen molar-refractivity contribution in [2.45, 2.75) is 33.3 Å². The maximum atomic E-state index is 13.1. The van der Waals surface area contributed by atoms with Crippen LogP contribution in [0.2, 0.25) is 0 Å². The SMILES string of the molecule is C=CC.C=c1cc(-c2ccc(F)cc2)o/c1=C/C(=C(C)C)N(S)CC(O)CC#N. The summed E-state index contributed by atoms with van der Waals surface area (Å²) in [6, 6.07) is 9.75. The predicted molar refractivity (Wildman–Crippen MR) is 120 cm³/mol. The number of allylic oxidation sites excluding steroid dienone is 3.